The normalized spacial score (nSPS) is 19.5. The fraction of sp³-hybridized carbons (Fsp3) is 0.522. The molecule has 1 saturated carbocycles. The summed E-state index contributed by atoms with van der Waals surface area (Å²) in [4.78, 5) is 31.7. The molecule has 1 aromatic carbocycles. The third-order valence-electron chi connectivity index (χ3n) is 6.45. The van der Waals surface area contributed by atoms with Crippen LogP contribution >= 0.6 is 0 Å². The molecular formula is C23H28N6O2. The van der Waals surface area contributed by atoms with E-state index in [1.807, 2.05) is 35.2 Å². The smallest absolute Gasteiger partial charge is 0.243 e. The van der Waals surface area contributed by atoms with Gasteiger partial charge < -0.3 is 4.90 Å². The van der Waals surface area contributed by atoms with E-state index in [-0.39, 0.29) is 24.7 Å². The van der Waals surface area contributed by atoms with Crippen molar-refractivity contribution in [2.24, 2.45) is 5.10 Å². The third kappa shape index (κ3) is 4.52. The zero-order chi connectivity index (χ0) is 21.2. The van der Waals surface area contributed by atoms with Crippen LogP contribution in [0.4, 0.5) is 0 Å². The van der Waals surface area contributed by atoms with Crippen LogP contribution in [-0.2, 0) is 9.59 Å². The van der Waals surface area contributed by atoms with Crippen molar-refractivity contribution < 1.29 is 9.59 Å². The fourth-order valence-corrected chi connectivity index (χ4v) is 4.37. The molecule has 162 valence electrons. The molecule has 2 amide bonds. The van der Waals surface area contributed by atoms with Gasteiger partial charge in [0.15, 0.2) is 5.82 Å². The van der Waals surface area contributed by atoms with E-state index in [1.165, 1.54) is 17.9 Å². The summed E-state index contributed by atoms with van der Waals surface area (Å²) in [5.41, 5.74) is 1.98. The quantitative estimate of drug-likeness (QED) is 0.777. The van der Waals surface area contributed by atoms with Crippen molar-refractivity contribution in [3.05, 3.63) is 47.5 Å². The zero-order valence-corrected chi connectivity index (χ0v) is 17.7. The highest BCUT2D eigenvalue weighted by Gasteiger charge is 2.31. The summed E-state index contributed by atoms with van der Waals surface area (Å²) in [6.07, 6.45) is 5.35. The van der Waals surface area contributed by atoms with Gasteiger partial charge in [0.1, 0.15) is 5.82 Å². The molecule has 1 aromatic heterocycles. The molecule has 2 aromatic rings. The van der Waals surface area contributed by atoms with Crippen LogP contribution in [0.25, 0.3) is 0 Å². The molecule has 0 unspecified atom stereocenters. The Morgan fingerprint density at radius 2 is 1.68 bits per heavy atom. The van der Waals surface area contributed by atoms with Gasteiger partial charge in [-0.2, -0.15) is 10.2 Å². The first-order valence-corrected chi connectivity index (χ1v) is 11.3. The van der Waals surface area contributed by atoms with Crippen molar-refractivity contribution >= 4 is 17.5 Å². The number of piperidine rings is 1. The van der Waals surface area contributed by atoms with E-state index in [2.05, 4.69) is 20.3 Å². The molecule has 3 heterocycles. The highest BCUT2D eigenvalue weighted by Crippen LogP contribution is 2.38. The molecule has 0 atom stereocenters. The summed E-state index contributed by atoms with van der Waals surface area (Å²) in [6.45, 7) is 2.00. The van der Waals surface area contributed by atoms with Crippen molar-refractivity contribution in [2.75, 3.05) is 19.6 Å². The number of H-pyrrole nitrogens is 1. The molecule has 1 N–H and O–H groups in total. The second kappa shape index (κ2) is 8.61. The summed E-state index contributed by atoms with van der Waals surface area (Å²) < 4.78 is 0. The number of aromatic nitrogens is 3. The van der Waals surface area contributed by atoms with Gasteiger partial charge in [-0.1, -0.05) is 30.3 Å². The summed E-state index contributed by atoms with van der Waals surface area (Å²) in [6, 6.07) is 9.92. The van der Waals surface area contributed by atoms with Crippen molar-refractivity contribution in [3.63, 3.8) is 0 Å². The van der Waals surface area contributed by atoms with E-state index in [9.17, 15) is 9.59 Å². The molecule has 2 aliphatic heterocycles. The molecule has 8 nitrogen and oxygen atoms in total. The van der Waals surface area contributed by atoms with E-state index in [1.54, 1.807) is 0 Å². The highest BCUT2D eigenvalue weighted by molar-refractivity contribution is 6.02. The van der Waals surface area contributed by atoms with Gasteiger partial charge in [0.25, 0.3) is 0 Å². The standard InChI is InChI=1S/C23H28N6O2/c30-20(8-9-21(31)29-15-12-19(27-29)16-4-2-1-3-5-16)28-13-10-18(11-14-28)23-24-22(25-26-23)17-6-7-17/h1-5,17-18H,6-15H2,(H,24,25,26). The van der Waals surface area contributed by atoms with Gasteiger partial charge in [0, 0.05) is 44.2 Å². The summed E-state index contributed by atoms with van der Waals surface area (Å²) in [5, 5.41) is 13.4. The molecule has 0 radical (unpaired) electrons. The van der Waals surface area contributed by atoms with Crippen LogP contribution in [0.15, 0.2) is 35.4 Å². The van der Waals surface area contributed by atoms with Crippen molar-refractivity contribution in [1.29, 1.82) is 0 Å². The van der Waals surface area contributed by atoms with E-state index in [0.717, 1.165) is 42.2 Å². The van der Waals surface area contributed by atoms with Gasteiger partial charge in [0.05, 0.1) is 12.3 Å². The van der Waals surface area contributed by atoms with E-state index in [0.29, 0.717) is 31.5 Å². The van der Waals surface area contributed by atoms with Crippen molar-refractivity contribution in [3.8, 4) is 0 Å². The lowest BCUT2D eigenvalue weighted by Crippen LogP contribution is -2.38. The van der Waals surface area contributed by atoms with Crippen molar-refractivity contribution in [1.82, 2.24) is 25.1 Å². The van der Waals surface area contributed by atoms with Crippen molar-refractivity contribution in [2.45, 2.75) is 56.8 Å². The average Bonchev–Trinajstić information content (AvgIpc) is 3.34. The summed E-state index contributed by atoms with van der Waals surface area (Å²) in [5.74, 6) is 2.77. The van der Waals surface area contributed by atoms with Gasteiger partial charge >= 0.3 is 0 Å². The highest BCUT2D eigenvalue weighted by atomic mass is 16.2. The Balaban J connectivity index is 1.08. The first-order valence-electron chi connectivity index (χ1n) is 11.3. The predicted molar refractivity (Wildman–Crippen MR) is 115 cm³/mol. The molecule has 5 rings (SSSR count). The molecule has 0 spiro atoms. The Hall–Kier alpha value is -3.03. The Morgan fingerprint density at radius 1 is 0.935 bits per heavy atom. The zero-order valence-electron chi connectivity index (χ0n) is 17.7. The Morgan fingerprint density at radius 3 is 2.42 bits per heavy atom. The minimum Gasteiger partial charge on any atom is -0.343 e. The number of aromatic amines is 1. The Bertz CT molecular complexity index is 973. The van der Waals surface area contributed by atoms with Crippen LogP contribution in [0.2, 0.25) is 0 Å². The number of benzene rings is 1. The van der Waals surface area contributed by atoms with E-state index < -0.39 is 0 Å². The topological polar surface area (TPSA) is 94.6 Å². The largest absolute Gasteiger partial charge is 0.343 e. The number of likely N-dealkylation sites (tertiary alicyclic amines) is 1. The monoisotopic (exact) mass is 420 g/mol. The number of amides is 2. The maximum atomic E-state index is 12.6. The maximum Gasteiger partial charge on any atom is 0.243 e. The van der Waals surface area contributed by atoms with Crippen LogP contribution in [0, 0.1) is 0 Å². The van der Waals surface area contributed by atoms with Gasteiger partial charge in [0.2, 0.25) is 11.8 Å². The third-order valence-corrected chi connectivity index (χ3v) is 6.45. The van der Waals surface area contributed by atoms with Crippen LogP contribution in [0.3, 0.4) is 0 Å². The summed E-state index contributed by atoms with van der Waals surface area (Å²) in [7, 11) is 0. The number of nitrogens with one attached hydrogen (secondary N) is 1. The predicted octanol–water partition coefficient (Wildman–Crippen LogP) is 2.80. The number of carbonyl (C=O) groups excluding carboxylic acids is 2. The van der Waals surface area contributed by atoms with Crippen LogP contribution in [-0.4, -0.2) is 62.3 Å². The van der Waals surface area contributed by atoms with Crippen LogP contribution < -0.4 is 0 Å². The lowest BCUT2D eigenvalue weighted by atomic mass is 9.96. The van der Waals surface area contributed by atoms with Crippen LogP contribution in [0.1, 0.15) is 74.0 Å². The van der Waals surface area contributed by atoms with E-state index >= 15 is 0 Å². The SMILES string of the molecule is O=C(CCC(=O)N1CCC(c2ccccc2)=N1)N1CCC(c2nc(C3CC3)n[nH]2)CC1. The molecular weight excluding hydrogens is 392 g/mol. The number of hydrogen-bond donors (Lipinski definition) is 1. The molecule has 1 aliphatic carbocycles. The number of rotatable bonds is 6. The molecule has 2 fully saturated rings. The fourth-order valence-electron chi connectivity index (χ4n) is 4.37. The Labute approximate surface area is 181 Å². The lowest BCUT2D eigenvalue weighted by Gasteiger charge is -2.31. The second-order valence-electron chi connectivity index (χ2n) is 8.69. The molecule has 0 bridgehead atoms. The number of carbonyl (C=O) groups is 2. The van der Waals surface area contributed by atoms with Gasteiger partial charge in [-0.15, -0.1) is 0 Å². The molecule has 8 heteroatoms. The van der Waals surface area contributed by atoms with E-state index in [4.69, 9.17) is 0 Å². The molecule has 1 saturated heterocycles. The first kappa shape index (κ1) is 19.9. The van der Waals surface area contributed by atoms with Crippen LogP contribution in [0.5, 0.6) is 0 Å². The average molecular weight is 421 g/mol. The van der Waals surface area contributed by atoms with Gasteiger partial charge in [-0.3, -0.25) is 14.7 Å². The minimum atomic E-state index is -0.0802. The molecule has 3 aliphatic rings. The minimum absolute atomic E-state index is 0.0505. The van der Waals surface area contributed by atoms with Gasteiger partial charge in [-0.25, -0.2) is 9.99 Å². The number of hydrogen-bond acceptors (Lipinski definition) is 5. The first-order chi connectivity index (χ1) is 15.2. The summed E-state index contributed by atoms with van der Waals surface area (Å²) >= 11 is 0. The number of hydrazone groups is 1. The second-order valence-corrected chi connectivity index (χ2v) is 8.69. The van der Waals surface area contributed by atoms with Gasteiger partial charge in [-0.05, 0) is 31.2 Å². The molecule has 31 heavy (non-hydrogen) atoms. The number of nitrogens with zero attached hydrogens (tertiary/aromatic N) is 5. The maximum absolute atomic E-state index is 12.6. The Kier molecular flexibility index (Phi) is 5.53. The lowest BCUT2D eigenvalue weighted by molar-refractivity contribution is -0.137.